The Bertz CT molecular complexity index is 490. The maximum atomic E-state index is 12.2. The van der Waals surface area contributed by atoms with E-state index in [0.29, 0.717) is 31.1 Å². The summed E-state index contributed by atoms with van der Waals surface area (Å²) in [4.78, 5) is 27.8. The second kappa shape index (κ2) is 7.36. The van der Waals surface area contributed by atoms with Crippen molar-refractivity contribution < 1.29 is 9.59 Å². The Morgan fingerprint density at radius 3 is 2.67 bits per heavy atom. The van der Waals surface area contributed by atoms with Crippen molar-refractivity contribution in [3.8, 4) is 0 Å². The zero-order valence-electron chi connectivity index (χ0n) is 12.5. The molecule has 0 unspecified atom stereocenters. The first kappa shape index (κ1) is 15.7. The van der Waals surface area contributed by atoms with Gasteiger partial charge in [0.05, 0.1) is 0 Å². The number of aromatic nitrogens is 2. The molecule has 2 rings (SSSR count). The van der Waals surface area contributed by atoms with Crippen LogP contribution in [-0.4, -0.2) is 33.8 Å². The molecule has 21 heavy (non-hydrogen) atoms. The van der Waals surface area contributed by atoms with E-state index in [1.165, 1.54) is 0 Å². The molecule has 0 aromatic carbocycles. The molecule has 1 saturated carbocycles. The molecular formula is C15H24N4O2. The summed E-state index contributed by atoms with van der Waals surface area (Å²) in [6.45, 7) is 0.388. The van der Waals surface area contributed by atoms with Crippen LogP contribution in [0.5, 0.6) is 0 Å². The molecule has 6 heteroatoms. The molecule has 1 amide bonds. The van der Waals surface area contributed by atoms with Gasteiger partial charge in [0.1, 0.15) is 0 Å². The Labute approximate surface area is 125 Å². The van der Waals surface area contributed by atoms with Crippen LogP contribution in [0.2, 0.25) is 0 Å². The summed E-state index contributed by atoms with van der Waals surface area (Å²) < 4.78 is 1.76. The maximum Gasteiger partial charge on any atom is 0.221 e. The smallest absolute Gasteiger partial charge is 0.221 e. The minimum absolute atomic E-state index is 0.0324. The number of nitrogens with one attached hydrogen (secondary N) is 1. The van der Waals surface area contributed by atoms with E-state index in [2.05, 4.69) is 10.3 Å². The van der Waals surface area contributed by atoms with Gasteiger partial charge in [-0.25, -0.2) is 4.98 Å². The molecule has 3 N–H and O–H groups in total. The third-order valence-electron chi connectivity index (χ3n) is 4.13. The zero-order valence-corrected chi connectivity index (χ0v) is 12.5. The van der Waals surface area contributed by atoms with Crippen LogP contribution >= 0.6 is 0 Å². The van der Waals surface area contributed by atoms with Gasteiger partial charge in [0, 0.05) is 44.9 Å². The molecule has 1 aromatic rings. The van der Waals surface area contributed by atoms with Gasteiger partial charge in [0.15, 0.2) is 11.6 Å². The predicted octanol–water partition coefficient (Wildman–Crippen LogP) is 1.02. The summed E-state index contributed by atoms with van der Waals surface area (Å²) in [5, 5.41) is 3.01. The molecule has 1 aromatic heterocycles. The molecule has 1 fully saturated rings. The number of rotatable bonds is 6. The Morgan fingerprint density at radius 2 is 2.10 bits per heavy atom. The highest BCUT2D eigenvalue weighted by molar-refractivity contribution is 5.92. The molecule has 1 aliphatic carbocycles. The fraction of sp³-hybridized carbons (Fsp3) is 0.667. The number of nitrogens with zero attached hydrogens (tertiary/aromatic N) is 2. The minimum atomic E-state index is 0.0324. The van der Waals surface area contributed by atoms with Gasteiger partial charge < -0.3 is 15.6 Å². The number of aryl methyl sites for hydroxylation is 1. The molecule has 0 spiro atoms. The van der Waals surface area contributed by atoms with Crippen molar-refractivity contribution >= 4 is 11.7 Å². The molecule has 6 nitrogen and oxygen atoms in total. The van der Waals surface area contributed by atoms with E-state index in [1.54, 1.807) is 17.0 Å². The summed E-state index contributed by atoms with van der Waals surface area (Å²) in [6.07, 6.45) is 8.21. The Balaban J connectivity index is 1.75. The van der Waals surface area contributed by atoms with E-state index in [9.17, 15) is 9.59 Å². The number of carbonyl (C=O) groups is 2. The maximum absolute atomic E-state index is 12.2. The molecule has 0 bridgehead atoms. The van der Waals surface area contributed by atoms with Crippen molar-refractivity contribution in [3.05, 3.63) is 18.2 Å². The van der Waals surface area contributed by atoms with Crippen LogP contribution in [0, 0.1) is 5.92 Å². The predicted molar refractivity (Wildman–Crippen MR) is 79.7 cm³/mol. The normalized spacial score (nSPS) is 22.0. The second-order valence-electron chi connectivity index (χ2n) is 5.81. The van der Waals surface area contributed by atoms with Crippen molar-refractivity contribution in [1.29, 1.82) is 0 Å². The van der Waals surface area contributed by atoms with Crippen LogP contribution in [0.4, 0.5) is 0 Å². The van der Waals surface area contributed by atoms with E-state index in [-0.39, 0.29) is 17.7 Å². The third-order valence-corrected chi connectivity index (χ3v) is 4.13. The Kier molecular flexibility index (Phi) is 5.50. The van der Waals surface area contributed by atoms with Gasteiger partial charge in [-0.05, 0) is 31.6 Å². The summed E-state index contributed by atoms with van der Waals surface area (Å²) in [5.41, 5.74) is 5.36. The lowest BCUT2D eigenvalue weighted by Gasteiger charge is -2.28. The molecule has 0 radical (unpaired) electrons. The quantitative estimate of drug-likeness (QED) is 0.766. The number of imidazole rings is 1. The van der Waals surface area contributed by atoms with Crippen LogP contribution in [0.15, 0.2) is 12.4 Å². The lowest BCUT2D eigenvalue weighted by Crippen LogP contribution is -2.38. The van der Waals surface area contributed by atoms with E-state index in [1.807, 2.05) is 7.05 Å². The van der Waals surface area contributed by atoms with Gasteiger partial charge in [0.2, 0.25) is 5.91 Å². The number of ketones is 1. The van der Waals surface area contributed by atoms with Crippen LogP contribution < -0.4 is 11.1 Å². The zero-order chi connectivity index (χ0) is 15.2. The van der Waals surface area contributed by atoms with Crippen LogP contribution in [-0.2, 0) is 11.8 Å². The molecule has 0 saturated heterocycles. The van der Waals surface area contributed by atoms with E-state index < -0.39 is 0 Å². The van der Waals surface area contributed by atoms with Crippen molar-refractivity contribution in [1.82, 2.24) is 14.9 Å². The van der Waals surface area contributed by atoms with Crippen molar-refractivity contribution in [2.24, 2.45) is 18.7 Å². The van der Waals surface area contributed by atoms with Crippen molar-refractivity contribution in [2.45, 2.75) is 44.6 Å². The first-order chi connectivity index (χ1) is 10.1. The molecule has 0 atom stereocenters. The summed E-state index contributed by atoms with van der Waals surface area (Å²) >= 11 is 0. The van der Waals surface area contributed by atoms with Gasteiger partial charge in [-0.1, -0.05) is 0 Å². The highest BCUT2D eigenvalue weighted by Gasteiger charge is 2.25. The average Bonchev–Trinajstić information content (AvgIpc) is 2.87. The molecule has 1 heterocycles. The SMILES string of the molecule is Cn1ccnc1C(=O)CC1CCC(NC(=O)CCN)CC1. The first-order valence-electron chi connectivity index (χ1n) is 7.60. The van der Waals surface area contributed by atoms with Gasteiger partial charge in [-0.15, -0.1) is 0 Å². The summed E-state index contributed by atoms with van der Waals surface area (Å²) in [5.74, 6) is 1.08. The fourth-order valence-corrected chi connectivity index (χ4v) is 2.93. The summed E-state index contributed by atoms with van der Waals surface area (Å²) in [7, 11) is 1.84. The Hall–Kier alpha value is -1.69. The number of carbonyl (C=O) groups excluding carboxylic acids is 2. The highest BCUT2D eigenvalue weighted by atomic mass is 16.1. The van der Waals surface area contributed by atoms with Gasteiger partial charge in [-0.3, -0.25) is 9.59 Å². The number of amides is 1. The van der Waals surface area contributed by atoms with Crippen LogP contribution in [0.3, 0.4) is 0 Å². The first-order valence-corrected chi connectivity index (χ1v) is 7.60. The largest absolute Gasteiger partial charge is 0.353 e. The highest BCUT2D eigenvalue weighted by Crippen LogP contribution is 2.27. The second-order valence-corrected chi connectivity index (χ2v) is 5.81. The third kappa shape index (κ3) is 4.39. The van der Waals surface area contributed by atoms with Crippen molar-refractivity contribution in [3.63, 3.8) is 0 Å². The monoisotopic (exact) mass is 292 g/mol. The van der Waals surface area contributed by atoms with Crippen molar-refractivity contribution in [2.75, 3.05) is 6.54 Å². The minimum Gasteiger partial charge on any atom is -0.353 e. The van der Waals surface area contributed by atoms with E-state index in [0.717, 1.165) is 25.7 Å². The van der Waals surface area contributed by atoms with Crippen LogP contribution in [0.1, 0.15) is 49.1 Å². The summed E-state index contributed by atoms with van der Waals surface area (Å²) in [6, 6.07) is 0.239. The molecular weight excluding hydrogens is 268 g/mol. The fourth-order valence-electron chi connectivity index (χ4n) is 2.93. The lowest BCUT2D eigenvalue weighted by atomic mass is 9.83. The average molecular weight is 292 g/mol. The molecule has 1 aliphatic rings. The van der Waals surface area contributed by atoms with E-state index >= 15 is 0 Å². The van der Waals surface area contributed by atoms with Crippen LogP contribution in [0.25, 0.3) is 0 Å². The lowest BCUT2D eigenvalue weighted by molar-refractivity contribution is -0.121. The topological polar surface area (TPSA) is 90.0 Å². The molecule has 0 aliphatic heterocycles. The number of nitrogens with two attached hydrogens (primary N) is 1. The Morgan fingerprint density at radius 1 is 1.38 bits per heavy atom. The molecule has 116 valence electrons. The number of Topliss-reactive ketones (excluding diaryl/α,β-unsaturated/α-hetero) is 1. The standard InChI is InChI=1S/C15H24N4O2/c1-19-9-8-17-15(19)13(20)10-11-2-4-12(5-3-11)18-14(21)6-7-16/h8-9,11-12H,2-7,10,16H2,1H3,(H,18,21). The number of hydrogen-bond acceptors (Lipinski definition) is 4. The van der Waals surface area contributed by atoms with Gasteiger partial charge in [0.25, 0.3) is 0 Å². The number of hydrogen-bond donors (Lipinski definition) is 2. The van der Waals surface area contributed by atoms with E-state index in [4.69, 9.17) is 5.73 Å². The van der Waals surface area contributed by atoms with Gasteiger partial charge in [-0.2, -0.15) is 0 Å². The van der Waals surface area contributed by atoms with Gasteiger partial charge >= 0.3 is 0 Å².